The summed E-state index contributed by atoms with van der Waals surface area (Å²) in [5, 5.41) is 0. The summed E-state index contributed by atoms with van der Waals surface area (Å²) in [5.74, 6) is 1.98. The van der Waals surface area contributed by atoms with Gasteiger partial charge in [-0.05, 0) is 31.1 Å². The van der Waals surface area contributed by atoms with E-state index in [1.165, 1.54) is 44.9 Å². The van der Waals surface area contributed by atoms with Crippen molar-refractivity contribution in [2.45, 2.75) is 51.0 Å². The summed E-state index contributed by atoms with van der Waals surface area (Å²) in [6.45, 7) is 0. The third kappa shape index (κ3) is 1.76. The zero-order valence-electron chi connectivity index (χ0n) is 7.26. The lowest BCUT2D eigenvalue weighted by Gasteiger charge is -2.30. The molecule has 64 valence electrons. The van der Waals surface area contributed by atoms with Crippen molar-refractivity contribution in [3.63, 3.8) is 0 Å². The van der Waals surface area contributed by atoms with Crippen molar-refractivity contribution in [2.24, 2.45) is 17.6 Å². The molecule has 0 spiro atoms. The monoisotopic (exact) mass is 153 g/mol. The van der Waals surface area contributed by atoms with Crippen molar-refractivity contribution >= 4 is 0 Å². The van der Waals surface area contributed by atoms with E-state index in [1.807, 2.05) is 0 Å². The molecule has 0 aliphatic heterocycles. The van der Waals surface area contributed by atoms with Crippen molar-refractivity contribution in [1.29, 1.82) is 0 Å². The number of rotatable bonds is 0. The second-order valence-electron chi connectivity index (χ2n) is 4.48. The minimum atomic E-state index is 0.539. The predicted octanol–water partition coefficient (Wildman–Crippen LogP) is 2.30. The first kappa shape index (κ1) is 7.60. The molecule has 2 unspecified atom stereocenters. The van der Waals surface area contributed by atoms with Gasteiger partial charge in [-0.25, -0.2) is 0 Å². The second-order valence-corrected chi connectivity index (χ2v) is 4.48. The third-order valence-electron chi connectivity index (χ3n) is 3.41. The average Bonchev–Trinajstić information content (AvgIpc) is 2.11. The van der Waals surface area contributed by atoms with Crippen LogP contribution in [0.15, 0.2) is 0 Å². The molecule has 2 rings (SSSR count). The standard InChI is InChI=1S/C10H19N/c11-10-6-8-3-1-2-4-9(5-8)7-10/h8-10H,1-7,11H2. The van der Waals surface area contributed by atoms with Crippen LogP contribution in [0.1, 0.15) is 44.9 Å². The lowest BCUT2D eigenvalue weighted by atomic mass is 9.78. The molecule has 2 atom stereocenters. The van der Waals surface area contributed by atoms with Crippen LogP contribution < -0.4 is 5.73 Å². The quantitative estimate of drug-likeness (QED) is 0.568. The SMILES string of the molecule is NC1CC2CCCCC(C1)C2. The van der Waals surface area contributed by atoms with Gasteiger partial charge in [0.25, 0.3) is 0 Å². The average molecular weight is 153 g/mol. The van der Waals surface area contributed by atoms with Crippen LogP contribution in [0.2, 0.25) is 0 Å². The first-order valence-corrected chi connectivity index (χ1v) is 5.10. The highest BCUT2D eigenvalue weighted by atomic mass is 14.6. The van der Waals surface area contributed by atoms with Gasteiger partial charge in [0, 0.05) is 6.04 Å². The van der Waals surface area contributed by atoms with E-state index >= 15 is 0 Å². The Morgan fingerprint density at radius 3 is 1.91 bits per heavy atom. The number of hydrogen-bond donors (Lipinski definition) is 1. The van der Waals surface area contributed by atoms with Crippen molar-refractivity contribution in [1.82, 2.24) is 0 Å². The van der Waals surface area contributed by atoms with E-state index in [1.54, 1.807) is 0 Å². The Balaban J connectivity index is 1.99. The molecule has 2 saturated carbocycles. The fourth-order valence-corrected chi connectivity index (χ4v) is 2.95. The minimum Gasteiger partial charge on any atom is -0.328 e. The van der Waals surface area contributed by atoms with Crippen LogP contribution in [0.25, 0.3) is 0 Å². The summed E-state index contributed by atoms with van der Waals surface area (Å²) < 4.78 is 0. The molecule has 0 aromatic rings. The summed E-state index contributed by atoms with van der Waals surface area (Å²) in [6, 6.07) is 0.539. The summed E-state index contributed by atoms with van der Waals surface area (Å²) in [6.07, 6.45) is 9.98. The van der Waals surface area contributed by atoms with Gasteiger partial charge in [0.2, 0.25) is 0 Å². The molecule has 0 radical (unpaired) electrons. The van der Waals surface area contributed by atoms with E-state index in [0.717, 1.165) is 11.8 Å². The van der Waals surface area contributed by atoms with Gasteiger partial charge in [-0.2, -0.15) is 0 Å². The number of fused-ring (bicyclic) bond motifs is 2. The van der Waals surface area contributed by atoms with E-state index in [4.69, 9.17) is 5.73 Å². The molecule has 0 aromatic heterocycles. The van der Waals surface area contributed by atoms with E-state index in [-0.39, 0.29) is 0 Å². The highest BCUT2D eigenvalue weighted by Crippen LogP contribution is 2.37. The normalized spacial score (nSPS) is 45.0. The minimum absolute atomic E-state index is 0.539. The first-order chi connectivity index (χ1) is 5.34. The zero-order valence-corrected chi connectivity index (χ0v) is 7.26. The van der Waals surface area contributed by atoms with Gasteiger partial charge in [-0.1, -0.05) is 25.7 Å². The van der Waals surface area contributed by atoms with Crippen LogP contribution in [0, 0.1) is 11.8 Å². The topological polar surface area (TPSA) is 26.0 Å². The fraction of sp³-hybridized carbons (Fsp3) is 1.00. The van der Waals surface area contributed by atoms with Gasteiger partial charge in [-0.3, -0.25) is 0 Å². The Morgan fingerprint density at radius 2 is 1.36 bits per heavy atom. The van der Waals surface area contributed by atoms with Gasteiger partial charge >= 0.3 is 0 Å². The molecule has 2 fully saturated rings. The summed E-state index contributed by atoms with van der Waals surface area (Å²) >= 11 is 0. The predicted molar refractivity (Wildman–Crippen MR) is 47.3 cm³/mol. The molecular weight excluding hydrogens is 134 g/mol. The van der Waals surface area contributed by atoms with Crippen molar-refractivity contribution < 1.29 is 0 Å². The molecule has 2 aliphatic carbocycles. The van der Waals surface area contributed by atoms with E-state index in [0.29, 0.717) is 6.04 Å². The van der Waals surface area contributed by atoms with Crippen molar-refractivity contribution in [3.05, 3.63) is 0 Å². The lowest BCUT2D eigenvalue weighted by Crippen LogP contribution is -2.31. The summed E-state index contributed by atoms with van der Waals surface area (Å²) in [7, 11) is 0. The maximum atomic E-state index is 5.99. The smallest absolute Gasteiger partial charge is 0.00441 e. The van der Waals surface area contributed by atoms with E-state index in [9.17, 15) is 0 Å². The van der Waals surface area contributed by atoms with Gasteiger partial charge < -0.3 is 5.73 Å². The third-order valence-corrected chi connectivity index (χ3v) is 3.41. The van der Waals surface area contributed by atoms with Gasteiger partial charge in [0.15, 0.2) is 0 Å². The van der Waals surface area contributed by atoms with E-state index in [2.05, 4.69) is 0 Å². The molecule has 2 N–H and O–H groups in total. The van der Waals surface area contributed by atoms with E-state index < -0.39 is 0 Å². The molecule has 0 saturated heterocycles. The summed E-state index contributed by atoms with van der Waals surface area (Å²) in [4.78, 5) is 0. The Hall–Kier alpha value is -0.0400. The fourth-order valence-electron chi connectivity index (χ4n) is 2.95. The van der Waals surface area contributed by atoms with Crippen molar-refractivity contribution in [3.8, 4) is 0 Å². The molecule has 2 bridgehead atoms. The Bertz CT molecular complexity index is 119. The lowest BCUT2D eigenvalue weighted by molar-refractivity contribution is 0.243. The Kier molecular flexibility index (Phi) is 2.17. The molecule has 0 heterocycles. The van der Waals surface area contributed by atoms with Crippen LogP contribution in [-0.4, -0.2) is 6.04 Å². The van der Waals surface area contributed by atoms with Gasteiger partial charge in [0.1, 0.15) is 0 Å². The van der Waals surface area contributed by atoms with Gasteiger partial charge in [-0.15, -0.1) is 0 Å². The number of nitrogens with two attached hydrogens (primary N) is 1. The highest BCUT2D eigenvalue weighted by molar-refractivity contribution is 4.83. The molecule has 1 heteroatoms. The Labute approximate surface area is 69.4 Å². The maximum absolute atomic E-state index is 5.99. The van der Waals surface area contributed by atoms with Crippen LogP contribution in [-0.2, 0) is 0 Å². The first-order valence-electron chi connectivity index (χ1n) is 5.10. The summed E-state index contributed by atoms with van der Waals surface area (Å²) in [5.41, 5.74) is 5.99. The molecular formula is C10H19N. The van der Waals surface area contributed by atoms with Crippen LogP contribution in [0.4, 0.5) is 0 Å². The molecule has 0 aromatic carbocycles. The second kappa shape index (κ2) is 3.14. The van der Waals surface area contributed by atoms with Crippen molar-refractivity contribution in [2.75, 3.05) is 0 Å². The van der Waals surface area contributed by atoms with Crippen LogP contribution in [0.5, 0.6) is 0 Å². The molecule has 11 heavy (non-hydrogen) atoms. The van der Waals surface area contributed by atoms with Gasteiger partial charge in [0.05, 0.1) is 0 Å². The molecule has 0 amide bonds. The molecule has 1 nitrogen and oxygen atoms in total. The van der Waals surface area contributed by atoms with Crippen LogP contribution >= 0.6 is 0 Å². The zero-order chi connectivity index (χ0) is 7.68. The largest absolute Gasteiger partial charge is 0.328 e. The highest BCUT2D eigenvalue weighted by Gasteiger charge is 2.28. The number of hydrogen-bond acceptors (Lipinski definition) is 1. The Morgan fingerprint density at radius 1 is 0.818 bits per heavy atom. The maximum Gasteiger partial charge on any atom is 0.00441 e. The molecule has 2 aliphatic rings. The van der Waals surface area contributed by atoms with Crippen LogP contribution in [0.3, 0.4) is 0 Å².